The molecule has 0 aromatic heterocycles. The first-order valence-electron chi connectivity index (χ1n) is 8.11. The molecular weight excluding hydrogens is 288 g/mol. The van der Waals surface area contributed by atoms with E-state index in [1.54, 1.807) is 24.3 Å². The molecule has 0 spiro atoms. The molecule has 23 heavy (non-hydrogen) atoms. The number of urea groups is 1. The number of carbonyl (C=O) groups is 1. The number of nitriles is 1. The van der Waals surface area contributed by atoms with Crippen molar-refractivity contribution in [1.82, 2.24) is 10.2 Å². The summed E-state index contributed by atoms with van der Waals surface area (Å²) in [6.45, 7) is 6.77. The number of rotatable bonds is 4. The van der Waals surface area contributed by atoms with Crippen LogP contribution in [0.1, 0.15) is 18.4 Å². The highest BCUT2D eigenvalue weighted by molar-refractivity contribution is 5.89. The Morgan fingerprint density at radius 3 is 3.09 bits per heavy atom. The summed E-state index contributed by atoms with van der Waals surface area (Å²) >= 11 is 0. The van der Waals surface area contributed by atoms with E-state index >= 15 is 0 Å². The molecule has 3 heterocycles. The maximum Gasteiger partial charge on any atom is 0.319 e. The third-order valence-corrected chi connectivity index (χ3v) is 4.98. The van der Waals surface area contributed by atoms with E-state index < -0.39 is 0 Å². The average molecular weight is 310 g/mol. The van der Waals surface area contributed by atoms with Crippen molar-refractivity contribution < 1.29 is 4.79 Å². The van der Waals surface area contributed by atoms with Gasteiger partial charge in [-0.25, -0.2) is 4.79 Å². The van der Waals surface area contributed by atoms with Gasteiger partial charge < -0.3 is 10.6 Å². The Balaban J connectivity index is 1.50. The van der Waals surface area contributed by atoms with Gasteiger partial charge in [0.05, 0.1) is 11.6 Å². The monoisotopic (exact) mass is 310 g/mol. The summed E-state index contributed by atoms with van der Waals surface area (Å²) in [5.41, 5.74) is 1.17. The first kappa shape index (κ1) is 15.6. The summed E-state index contributed by atoms with van der Waals surface area (Å²) < 4.78 is 0. The van der Waals surface area contributed by atoms with Gasteiger partial charge in [0.15, 0.2) is 0 Å². The van der Waals surface area contributed by atoms with E-state index in [0.29, 0.717) is 35.7 Å². The van der Waals surface area contributed by atoms with Crippen LogP contribution in [0.25, 0.3) is 0 Å². The van der Waals surface area contributed by atoms with E-state index in [-0.39, 0.29) is 6.03 Å². The predicted octanol–water partition coefficient (Wildman–Crippen LogP) is 2.58. The van der Waals surface area contributed by atoms with Crippen molar-refractivity contribution >= 4 is 11.7 Å². The van der Waals surface area contributed by atoms with Gasteiger partial charge in [-0.05, 0) is 49.4 Å². The van der Waals surface area contributed by atoms with E-state index in [1.165, 1.54) is 6.42 Å². The van der Waals surface area contributed by atoms with Crippen LogP contribution in [0.2, 0.25) is 0 Å². The molecule has 3 saturated heterocycles. The molecule has 3 aliphatic heterocycles. The second kappa shape index (κ2) is 6.84. The van der Waals surface area contributed by atoms with Gasteiger partial charge >= 0.3 is 6.03 Å². The number of fused-ring (bicyclic) bond motifs is 3. The van der Waals surface area contributed by atoms with Crippen molar-refractivity contribution in [2.75, 3.05) is 25.0 Å². The molecule has 1 aromatic carbocycles. The van der Waals surface area contributed by atoms with Gasteiger partial charge in [0, 0.05) is 24.8 Å². The maximum absolute atomic E-state index is 12.0. The highest BCUT2D eigenvalue weighted by atomic mass is 16.2. The fourth-order valence-corrected chi connectivity index (χ4v) is 3.71. The molecule has 2 bridgehead atoms. The lowest BCUT2D eigenvalue weighted by Crippen LogP contribution is -2.56. The fraction of sp³-hybridized carbons (Fsp3) is 0.444. The molecular formula is C18H22N4O. The largest absolute Gasteiger partial charge is 0.336 e. The summed E-state index contributed by atoms with van der Waals surface area (Å²) in [6, 6.07) is 9.18. The molecule has 0 saturated carbocycles. The molecule has 4 rings (SSSR count). The van der Waals surface area contributed by atoms with E-state index in [9.17, 15) is 4.79 Å². The van der Waals surface area contributed by atoms with Crippen LogP contribution in [0.15, 0.2) is 36.9 Å². The van der Waals surface area contributed by atoms with Gasteiger partial charge in [0.2, 0.25) is 0 Å². The Morgan fingerprint density at radius 1 is 1.52 bits per heavy atom. The highest BCUT2D eigenvalue weighted by Gasteiger charge is 2.38. The molecule has 3 fully saturated rings. The van der Waals surface area contributed by atoms with Gasteiger partial charge in [-0.1, -0.05) is 12.1 Å². The lowest BCUT2D eigenvalue weighted by Gasteiger charge is -2.49. The van der Waals surface area contributed by atoms with Crippen LogP contribution in [-0.4, -0.2) is 36.6 Å². The lowest BCUT2D eigenvalue weighted by atomic mass is 9.75. The topological polar surface area (TPSA) is 68.2 Å². The van der Waals surface area contributed by atoms with Crippen LogP contribution >= 0.6 is 0 Å². The molecule has 2 N–H and O–H groups in total. The molecule has 4 atom stereocenters. The molecule has 3 aliphatic rings. The van der Waals surface area contributed by atoms with E-state index in [0.717, 1.165) is 19.5 Å². The number of piperidine rings is 3. The number of anilines is 1. The number of nitrogens with zero attached hydrogens (tertiary/aromatic N) is 2. The Kier molecular flexibility index (Phi) is 4.63. The van der Waals surface area contributed by atoms with Crippen molar-refractivity contribution in [3.63, 3.8) is 0 Å². The van der Waals surface area contributed by atoms with Crippen LogP contribution in [0.3, 0.4) is 0 Å². The summed E-state index contributed by atoms with van der Waals surface area (Å²) in [4.78, 5) is 14.5. The Hall–Kier alpha value is -2.32. The molecule has 120 valence electrons. The smallest absolute Gasteiger partial charge is 0.319 e. The van der Waals surface area contributed by atoms with E-state index in [4.69, 9.17) is 5.26 Å². The van der Waals surface area contributed by atoms with Crippen molar-refractivity contribution in [2.45, 2.75) is 18.9 Å². The van der Waals surface area contributed by atoms with E-state index in [1.807, 2.05) is 0 Å². The SMILES string of the molecule is C=C[C@H]1CN2CC[C@H]1C[C@@H]2CNC(=O)Nc1cccc(C#N)c1. The zero-order valence-electron chi connectivity index (χ0n) is 13.2. The number of benzene rings is 1. The first-order valence-corrected chi connectivity index (χ1v) is 8.11. The molecule has 2 amide bonds. The average Bonchev–Trinajstić information content (AvgIpc) is 2.60. The standard InChI is InChI=1S/C18H22N4O/c1-2-14-12-22-7-6-15(14)9-17(22)11-20-18(23)21-16-5-3-4-13(8-16)10-19/h2-5,8,14-15,17H,1,6-7,9,11-12H2,(H2,20,21,23)/t14-,15-,17+/m0/s1. The van der Waals surface area contributed by atoms with Crippen molar-refractivity contribution in [1.29, 1.82) is 5.26 Å². The minimum Gasteiger partial charge on any atom is -0.336 e. The molecule has 1 aromatic rings. The Labute approximate surface area is 137 Å². The van der Waals surface area contributed by atoms with Crippen LogP contribution in [-0.2, 0) is 0 Å². The molecule has 5 nitrogen and oxygen atoms in total. The molecule has 5 heteroatoms. The Morgan fingerprint density at radius 2 is 2.39 bits per heavy atom. The first-order chi connectivity index (χ1) is 11.2. The van der Waals surface area contributed by atoms with Crippen LogP contribution < -0.4 is 10.6 Å². The fourth-order valence-electron chi connectivity index (χ4n) is 3.71. The predicted molar refractivity (Wildman–Crippen MR) is 90.0 cm³/mol. The quantitative estimate of drug-likeness (QED) is 0.840. The second-order valence-electron chi connectivity index (χ2n) is 6.36. The summed E-state index contributed by atoms with van der Waals surface area (Å²) in [5, 5.41) is 14.6. The zero-order chi connectivity index (χ0) is 16.2. The summed E-state index contributed by atoms with van der Waals surface area (Å²) in [6.07, 6.45) is 4.44. The molecule has 0 aliphatic carbocycles. The van der Waals surface area contributed by atoms with Crippen LogP contribution in [0, 0.1) is 23.2 Å². The molecule has 0 radical (unpaired) electrons. The van der Waals surface area contributed by atoms with Gasteiger partial charge in [-0.15, -0.1) is 6.58 Å². The number of carbonyl (C=O) groups excluding carboxylic acids is 1. The maximum atomic E-state index is 12.0. The number of nitrogens with one attached hydrogen (secondary N) is 2. The minimum absolute atomic E-state index is 0.219. The van der Waals surface area contributed by atoms with Crippen molar-refractivity contribution in [3.8, 4) is 6.07 Å². The van der Waals surface area contributed by atoms with Crippen LogP contribution in [0.4, 0.5) is 10.5 Å². The Bertz CT molecular complexity index is 636. The van der Waals surface area contributed by atoms with Gasteiger partial charge in [-0.3, -0.25) is 4.90 Å². The van der Waals surface area contributed by atoms with Crippen molar-refractivity contribution in [2.24, 2.45) is 11.8 Å². The minimum atomic E-state index is -0.219. The van der Waals surface area contributed by atoms with Gasteiger partial charge in [0.25, 0.3) is 0 Å². The number of amides is 2. The molecule has 1 unspecified atom stereocenters. The van der Waals surface area contributed by atoms with Gasteiger partial charge in [0.1, 0.15) is 0 Å². The van der Waals surface area contributed by atoms with E-state index in [2.05, 4.69) is 34.3 Å². The van der Waals surface area contributed by atoms with Crippen LogP contribution in [0.5, 0.6) is 0 Å². The number of hydrogen-bond donors (Lipinski definition) is 2. The highest BCUT2D eigenvalue weighted by Crippen LogP contribution is 2.36. The third kappa shape index (κ3) is 3.54. The normalized spacial score (nSPS) is 28.7. The lowest BCUT2D eigenvalue weighted by molar-refractivity contribution is 0.0209. The zero-order valence-corrected chi connectivity index (χ0v) is 13.2. The third-order valence-electron chi connectivity index (χ3n) is 4.98. The summed E-state index contributed by atoms with van der Waals surface area (Å²) in [5.74, 6) is 1.31. The second-order valence-corrected chi connectivity index (χ2v) is 6.36. The summed E-state index contributed by atoms with van der Waals surface area (Å²) in [7, 11) is 0. The van der Waals surface area contributed by atoms with Crippen molar-refractivity contribution in [3.05, 3.63) is 42.5 Å². The number of hydrogen-bond acceptors (Lipinski definition) is 3. The van der Waals surface area contributed by atoms with Gasteiger partial charge in [-0.2, -0.15) is 5.26 Å².